The Kier molecular flexibility index (Phi) is 5.23. The number of aromatic nitrogens is 6. The quantitative estimate of drug-likeness (QED) is 0.380. The van der Waals surface area contributed by atoms with E-state index >= 15 is 0 Å². The molecule has 3 aromatic heterocycles. The molecule has 0 spiro atoms. The Labute approximate surface area is 168 Å². The number of aryl methyl sites for hydroxylation is 2. The smallest absolute Gasteiger partial charge is 0.260 e. The van der Waals surface area contributed by atoms with Crippen LogP contribution in [0.25, 0.3) is 21.3 Å². The highest BCUT2D eigenvalue weighted by Crippen LogP contribution is 2.36. The molecule has 0 unspecified atom stereocenters. The van der Waals surface area contributed by atoms with E-state index in [0.29, 0.717) is 21.1 Å². The van der Waals surface area contributed by atoms with Crippen molar-refractivity contribution in [2.45, 2.75) is 37.7 Å². The number of thioether (sulfide) groups is 1. The lowest BCUT2D eigenvalue weighted by atomic mass is 10.0. The number of rotatable bonds is 6. The van der Waals surface area contributed by atoms with E-state index in [1.54, 1.807) is 16.8 Å². The number of nitrogens with one attached hydrogen (secondary N) is 1. The molecule has 1 N–H and O–H groups in total. The average molecular weight is 417 g/mol. The van der Waals surface area contributed by atoms with Crippen molar-refractivity contribution in [3.8, 4) is 11.1 Å². The maximum atomic E-state index is 13.3. The normalized spacial score (nSPS) is 11.4. The Morgan fingerprint density at radius 3 is 2.82 bits per heavy atom. The van der Waals surface area contributed by atoms with Crippen molar-refractivity contribution in [2.75, 3.05) is 0 Å². The second-order valence-corrected chi connectivity index (χ2v) is 8.37. The van der Waals surface area contributed by atoms with Gasteiger partial charge in [0, 0.05) is 17.0 Å². The van der Waals surface area contributed by atoms with Gasteiger partial charge >= 0.3 is 0 Å². The SMILES string of the molecule is CCCn1nnnc1CSc1nc2sc(C)c(-c3ccc(F)cc3)c2c(=O)[nH]1. The van der Waals surface area contributed by atoms with Gasteiger partial charge in [-0.1, -0.05) is 30.8 Å². The zero-order valence-electron chi connectivity index (χ0n) is 15.3. The molecule has 4 rings (SSSR count). The first-order valence-electron chi connectivity index (χ1n) is 8.74. The molecule has 0 saturated heterocycles. The van der Waals surface area contributed by atoms with E-state index in [4.69, 9.17) is 0 Å². The Morgan fingerprint density at radius 2 is 2.07 bits per heavy atom. The highest BCUT2D eigenvalue weighted by molar-refractivity contribution is 7.98. The molecular formula is C18H17FN6OS2. The highest BCUT2D eigenvalue weighted by atomic mass is 32.2. The Hall–Kier alpha value is -2.59. The number of aromatic amines is 1. The average Bonchev–Trinajstić information content (AvgIpc) is 3.25. The van der Waals surface area contributed by atoms with Crippen LogP contribution in [-0.2, 0) is 12.3 Å². The summed E-state index contributed by atoms with van der Waals surface area (Å²) in [4.78, 5) is 21.9. The van der Waals surface area contributed by atoms with Gasteiger partial charge in [0.1, 0.15) is 10.6 Å². The molecule has 0 fully saturated rings. The van der Waals surface area contributed by atoms with Crippen LogP contribution < -0.4 is 5.56 Å². The van der Waals surface area contributed by atoms with Gasteiger partial charge in [-0.25, -0.2) is 14.1 Å². The zero-order chi connectivity index (χ0) is 19.7. The van der Waals surface area contributed by atoms with Gasteiger partial charge in [0.15, 0.2) is 11.0 Å². The summed E-state index contributed by atoms with van der Waals surface area (Å²) in [6, 6.07) is 6.15. The van der Waals surface area contributed by atoms with E-state index in [1.807, 2.05) is 6.92 Å². The first-order valence-corrected chi connectivity index (χ1v) is 10.5. The minimum atomic E-state index is -0.308. The summed E-state index contributed by atoms with van der Waals surface area (Å²) in [6.07, 6.45) is 0.935. The Morgan fingerprint density at radius 1 is 1.29 bits per heavy atom. The van der Waals surface area contributed by atoms with Crippen molar-refractivity contribution in [3.63, 3.8) is 0 Å². The molecule has 0 atom stereocenters. The van der Waals surface area contributed by atoms with E-state index in [0.717, 1.165) is 34.8 Å². The third-order valence-electron chi connectivity index (χ3n) is 4.23. The zero-order valence-corrected chi connectivity index (χ0v) is 16.9. The minimum absolute atomic E-state index is 0.204. The number of H-pyrrole nitrogens is 1. The Balaban J connectivity index is 1.67. The predicted molar refractivity (Wildman–Crippen MR) is 108 cm³/mol. The van der Waals surface area contributed by atoms with Crippen molar-refractivity contribution in [1.82, 2.24) is 30.2 Å². The van der Waals surface area contributed by atoms with Crippen LogP contribution in [-0.4, -0.2) is 30.2 Å². The summed E-state index contributed by atoms with van der Waals surface area (Å²) in [5.41, 5.74) is 1.40. The highest BCUT2D eigenvalue weighted by Gasteiger charge is 2.17. The minimum Gasteiger partial charge on any atom is -0.301 e. The largest absolute Gasteiger partial charge is 0.301 e. The van der Waals surface area contributed by atoms with Crippen molar-refractivity contribution >= 4 is 33.3 Å². The van der Waals surface area contributed by atoms with Gasteiger partial charge in [0.2, 0.25) is 0 Å². The number of benzene rings is 1. The van der Waals surface area contributed by atoms with Gasteiger partial charge in [-0.3, -0.25) is 4.79 Å². The third-order valence-corrected chi connectivity index (χ3v) is 6.10. The molecule has 0 radical (unpaired) electrons. The number of halogens is 1. The first kappa shape index (κ1) is 18.8. The van der Waals surface area contributed by atoms with E-state index in [-0.39, 0.29) is 11.4 Å². The summed E-state index contributed by atoms with van der Waals surface area (Å²) in [5.74, 6) is 0.942. The molecule has 28 heavy (non-hydrogen) atoms. The number of hydrogen-bond acceptors (Lipinski definition) is 7. The van der Waals surface area contributed by atoms with Gasteiger partial charge in [-0.05, 0) is 41.5 Å². The van der Waals surface area contributed by atoms with Gasteiger partial charge in [0.25, 0.3) is 5.56 Å². The van der Waals surface area contributed by atoms with Crippen molar-refractivity contribution in [3.05, 3.63) is 51.1 Å². The van der Waals surface area contributed by atoms with Crippen LogP contribution in [0.5, 0.6) is 0 Å². The van der Waals surface area contributed by atoms with Gasteiger partial charge in [-0.2, -0.15) is 0 Å². The van der Waals surface area contributed by atoms with E-state index in [9.17, 15) is 9.18 Å². The predicted octanol–water partition coefficient (Wildman–Crippen LogP) is 3.79. The summed E-state index contributed by atoms with van der Waals surface area (Å²) in [7, 11) is 0. The second kappa shape index (κ2) is 7.80. The molecule has 0 aliphatic rings. The topological polar surface area (TPSA) is 89.3 Å². The van der Waals surface area contributed by atoms with Crippen LogP contribution in [0.1, 0.15) is 24.0 Å². The van der Waals surface area contributed by atoms with E-state index in [1.165, 1.54) is 35.2 Å². The van der Waals surface area contributed by atoms with Gasteiger partial charge in [-0.15, -0.1) is 16.4 Å². The molecule has 0 amide bonds. The van der Waals surface area contributed by atoms with Crippen LogP contribution in [0.4, 0.5) is 4.39 Å². The van der Waals surface area contributed by atoms with Crippen LogP contribution in [0.2, 0.25) is 0 Å². The summed E-state index contributed by atoms with van der Waals surface area (Å²) >= 11 is 2.84. The summed E-state index contributed by atoms with van der Waals surface area (Å²) in [6.45, 7) is 4.75. The third kappa shape index (κ3) is 3.57. The molecule has 10 heteroatoms. The van der Waals surface area contributed by atoms with E-state index in [2.05, 4.69) is 32.4 Å². The molecule has 0 aliphatic heterocycles. The molecular weight excluding hydrogens is 399 g/mol. The van der Waals surface area contributed by atoms with Crippen LogP contribution in [0.3, 0.4) is 0 Å². The number of fused-ring (bicyclic) bond motifs is 1. The fourth-order valence-electron chi connectivity index (χ4n) is 2.98. The molecule has 0 bridgehead atoms. The van der Waals surface area contributed by atoms with Crippen molar-refractivity contribution < 1.29 is 4.39 Å². The number of tetrazole rings is 1. The molecule has 4 aromatic rings. The molecule has 0 aliphatic carbocycles. The van der Waals surface area contributed by atoms with Gasteiger partial charge in [0.05, 0.1) is 11.1 Å². The maximum absolute atomic E-state index is 13.3. The molecule has 0 saturated carbocycles. The second-order valence-electron chi connectivity index (χ2n) is 6.20. The van der Waals surface area contributed by atoms with Crippen molar-refractivity contribution in [1.29, 1.82) is 0 Å². The number of thiophene rings is 1. The lowest BCUT2D eigenvalue weighted by Gasteiger charge is -2.04. The standard InChI is InChI=1S/C18H17FN6OS2/c1-3-8-25-13(22-23-24-25)9-27-18-20-16(26)15-14(10(2)28-17(15)21-18)11-4-6-12(19)7-5-11/h4-7H,3,8-9H2,1-2H3,(H,20,21,26). The summed E-state index contributed by atoms with van der Waals surface area (Å²) < 4.78 is 15.0. The summed E-state index contributed by atoms with van der Waals surface area (Å²) in [5, 5.41) is 12.8. The van der Waals surface area contributed by atoms with Crippen LogP contribution >= 0.6 is 23.1 Å². The molecule has 1 aromatic carbocycles. The molecule has 144 valence electrons. The monoisotopic (exact) mass is 416 g/mol. The fourth-order valence-corrected chi connectivity index (χ4v) is 4.87. The lowest BCUT2D eigenvalue weighted by molar-refractivity contribution is 0.564. The lowest BCUT2D eigenvalue weighted by Crippen LogP contribution is -2.09. The number of nitrogens with zero attached hydrogens (tertiary/aromatic N) is 5. The van der Waals surface area contributed by atoms with Gasteiger partial charge < -0.3 is 4.98 Å². The maximum Gasteiger partial charge on any atom is 0.260 e. The van der Waals surface area contributed by atoms with Crippen LogP contribution in [0.15, 0.2) is 34.2 Å². The van der Waals surface area contributed by atoms with Crippen molar-refractivity contribution in [2.24, 2.45) is 0 Å². The fraction of sp³-hybridized carbons (Fsp3) is 0.278. The van der Waals surface area contributed by atoms with Crippen LogP contribution in [0, 0.1) is 12.7 Å². The molecule has 3 heterocycles. The van der Waals surface area contributed by atoms with E-state index < -0.39 is 0 Å². The Bertz CT molecular complexity index is 1180. The first-order chi connectivity index (χ1) is 13.6. The molecule has 7 nitrogen and oxygen atoms in total. The number of hydrogen-bond donors (Lipinski definition) is 1.